The molecule has 0 N–H and O–H groups in total. The van der Waals surface area contributed by atoms with Gasteiger partial charge in [0, 0.05) is 15.5 Å². The van der Waals surface area contributed by atoms with Crippen LogP contribution in [0, 0.1) is 0 Å². The first kappa shape index (κ1) is 16.0. The van der Waals surface area contributed by atoms with E-state index < -0.39 is 5.63 Å². The van der Waals surface area contributed by atoms with E-state index in [2.05, 4.69) is 15.9 Å². The first-order valence-electron chi connectivity index (χ1n) is 8.47. The van der Waals surface area contributed by atoms with Crippen LogP contribution in [-0.2, 0) is 0 Å². The Hall–Kier alpha value is -3.18. The van der Waals surface area contributed by atoms with Crippen molar-refractivity contribution in [1.29, 1.82) is 0 Å². The molecule has 0 radical (unpaired) electrons. The number of halogens is 1. The minimum Gasteiger partial charge on any atom is -0.422 e. The highest BCUT2D eigenvalue weighted by atomic mass is 79.9. The Labute approximate surface area is 162 Å². The number of hydrogen-bond acceptors (Lipinski definition) is 3. The van der Waals surface area contributed by atoms with Crippen molar-refractivity contribution < 1.29 is 4.42 Å². The smallest absolute Gasteiger partial charge is 0.347 e. The van der Waals surface area contributed by atoms with Crippen LogP contribution in [0.4, 0.5) is 0 Å². The van der Waals surface area contributed by atoms with E-state index >= 15 is 0 Å². The highest BCUT2D eigenvalue weighted by Crippen LogP contribution is 2.29. The van der Waals surface area contributed by atoms with Crippen LogP contribution in [0.25, 0.3) is 39.1 Å². The van der Waals surface area contributed by atoms with Gasteiger partial charge in [0.15, 0.2) is 5.82 Å². The lowest BCUT2D eigenvalue weighted by Gasteiger charge is -2.09. The normalized spacial score (nSPS) is 11.3. The van der Waals surface area contributed by atoms with E-state index in [1.807, 2.05) is 77.4 Å². The highest BCUT2D eigenvalue weighted by molar-refractivity contribution is 9.10. The van der Waals surface area contributed by atoms with Crippen LogP contribution in [0.1, 0.15) is 0 Å². The molecule has 0 spiro atoms. The fraction of sp³-hybridized carbons (Fsp3) is 0. The van der Waals surface area contributed by atoms with Crippen molar-refractivity contribution >= 4 is 37.9 Å². The number of hydrogen-bond donors (Lipinski definition) is 0. The molecule has 3 aromatic carbocycles. The molecule has 5 heteroatoms. The Morgan fingerprint density at radius 2 is 1.63 bits per heavy atom. The number of nitrogens with zero attached hydrogens (tertiary/aromatic N) is 2. The lowest BCUT2D eigenvalue weighted by atomic mass is 10.1. The molecule has 0 fully saturated rings. The van der Waals surface area contributed by atoms with E-state index in [0.717, 1.165) is 26.6 Å². The fourth-order valence-electron chi connectivity index (χ4n) is 3.28. The van der Waals surface area contributed by atoms with Crippen molar-refractivity contribution in [2.75, 3.05) is 0 Å². The molecule has 0 saturated carbocycles. The van der Waals surface area contributed by atoms with E-state index in [0.29, 0.717) is 17.0 Å². The van der Waals surface area contributed by atoms with Crippen molar-refractivity contribution in [2.24, 2.45) is 0 Å². The summed E-state index contributed by atoms with van der Waals surface area (Å²) in [5.74, 6) is 0.568. The summed E-state index contributed by atoms with van der Waals surface area (Å²) in [5, 5.41) is 0.863. The van der Waals surface area contributed by atoms with Gasteiger partial charge in [0.25, 0.3) is 0 Å². The fourth-order valence-corrected chi connectivity index (χ4v) is 3.54. The van der Waals surface area contributed by atoms with Crippen molar-refractivity contribution in [2.45, 2.75) is 0 Å². The Morgan fingerprint density at radius 1 is 0.889 bits per heavy atom. The van der Waals surface area contributed by atoms with Crippen LogP contribution in [-0.4, -0.2) is 9.55 Å². The number of para-hydroxylation sites is 3. The number of rotatable bonds is 2. The monoisotopic (exact) mass is 416 g/mol. The Bertz CT molecular complexity index is 1350. The molecule has 0 unspecified atom stereocenters. The summed E-state index contributed by atoms with van der Waals surface area (Å²) in [6, 6.07) is 25.1. The largest absolute Gasteiger partial charge is 0.422 e. The van der Waals surface area contributed by atoms with Gasteiger partial charge in [-0.15, -0.1) is 0 Å². The van der Waals surface area contributed by atoms with Gasteiger partial charge in [0.05, 0.1) is 11.0 Å². The minimum atomic E-state index is -0.401. The van der Waals surface area contributed by atoms with Crippen LogP contribution >= 0.6 is 15.9 Å². The third-order valence-corrected chi connectivity index (χ3v) is 5.06. The Morgan fingerprint density at radius 3 is 2.48 bits per heavy atom. The van der Waals surface area contributed by atoms with E-state index in [-0.39, 0.29) is 0 Å². The maximum absolute atomic E-state index is 12.7. The Kier molecular flexibility index (Phi) is 3.69. The molecule has 2 aromatic heterocycles. The molecule has 5 aromatic rings. The van der Waals surface area contributed by atoms with E-state index in [1.54, 1.807) is 6.07 Å². The molecule has 5 rings (SSSR count). The SMILES string of the molecule is O=c1oc2ccccc2cc1-c1nc2ccccc2n1-c1ccc(Br)cc1. The van der Waals surface area contributed by atoms with Gasteiger partial charge in [-0.25, -0.2) is 9.78 Å². The average Bonchev–Trinajstić information content (AvgIpc) is 3.07. The maximum Gasteiger partial charge on any atom is 0.347 e. The molecule has 27 heavy (non-hydrogen) atoms. The van der Waals surface area contributed by atoms with Crippen molar-refractivity contribution in [3.63, 3.8) is 0 Å². The zero-order valence-corrected chi connectivity index (χ0v) is 15.7. The minimum absolute atomic E-state index is 0.401. The summed E-state index contributed by atoms with van der Waals surface area (Å²) < 4.78 is 8.51. The van der Waals surface area contributed by atoms with Crippen LogP contribution in [0.2, 0.25) is 0 Å². The van der Waals surface area contributed by atoms with E-state index in [4.69, 9.17) is 9.40 Å². The molecule has 2 heterocycles. The zero-order chi connectivity index (χ0) is 18.4. The van der Waals surface area contributed by atoms with Gasteiger partial charge in [0.2, 0.25) is 0 Å². The van der Waals surface area contributed by atoms with Crippen LogP contribution in [0.15, 0.2) is 92.5 Å². The summed E-state index contributed by atoms with van der Waals surface area (Å²) in [5.41, 5.74) is 3.28. The maximum atomic E-state index is 12.7. The molecule has 0 aliphatic heterocycles. The van der Waals surface area contributed by atoms with Gasteiger partial charge in [-0.05, 0) is 48.5 Å². The number of fused-ring (bicyclic) bond motifs is 2. The third-order valence-electron chi connectivity index (χ3n) is 4.53. The molecule has 0 atom stereocenters. The lowest BCUT2D eigenvalue weighted by Crippen LogP contribution is -2.07. The lowest BCUT2D eigenvalue weighted by molar-refractivity contribution is 0.562. The summed E-state index contributed by atoms with van der Waals surface area (Å²) >= 11 is 3.47. The van der Waals surface area contributed by atoms with Gasteiger partial charge in [-0.2, -0.15) is 0 Å². The molecular formula is C22H13BrN2O2. The first-order valence-corrected chi connectivity index (χ1v) is 9.27. The molecular weight excluding hydrogens is 404 g/mol. The van der Waals surface area contributed by atoms with Gasteiger partial charge in [-0.3, -0.25) is 4.57 Å². The second-order valence-corrected chi connectivity index (χ2v) is 7.14. The number of benzene rings is 3. The summed E-state index contributed by atoms with van der Waals surface area (Å²) in [4.78, 5) is 17.5. The summed E-state index contributed by atoms with van der Waals surface area (Å²) in [6.07, 6.45) is 0. The van der Waals surface area contributed by atoms with Gasteiger partial charge < -0.3 is 4.42 Å². The predicted molar refractivity (Wildman–Crippen MR) is 110 cm³/mol. The summed E-state index contributed by atoms with van der Waals surface area (Å²) in [7, 11) is 0. The highest BCUT2D eigenvalue weighted by Gasteiger charge is 2.18. The molecule has 130 valence electrons. The third kappa shape index (κ3) is 2.67. The van der Waals surface area contributed by atoms with Gasteiger partial charge in [0.1, 0.15) is 11.1 Å². The predicted octanol–water partition coefficient (Wildman–Crippen LogP) is 5.56. The zero-order valence-electron chi connectivity index (χ0n) is 14.1. The summed E-state index contributed by atoms with van der Waals surface area (Å²) in [6.45, 7) is 0. The van der Waals surface area contributed by atoms with E-state index in [9.17, 15) is 4.79 Å². The van der Waals surface area contributed by atoms with Crippen molar-refractivity contribution in [1.82, 2.24) is 9.55 Å². The average molecular weight is 417 g/mol. The quantitative estimate of drug-likeness (QED) is 0.353. The van der Waals surface area contributed by atoms with Gasteiger partial charge in [-0.1, -0.05) is 46.3 Å². The van der Waals surface area contributed by atoms with Gasteiger partial charge >= 0.3 is 5.63 Å². The van der Waals surface area contributed by atoms with Crippen LogP contribution in [0.5, 0.6) is 0 Å². The van der Waals surface area contributed by atoms with Crippen LogP contribution < -0.4 is 5.63 Å². The molecule has 0 saturated heterocycles. The Balaban J connectivity index is 1.86. The van der Waals surface area contributed by atoms with Crippen molar-refractivity contribution in [3.05, 3.63) is 93.8 Å². The standard InChI is InChI=1S/C22H13BrN2O2/c23-15-9-11-16(12-10-15)25-19-7-3-2-6-18(19)24-21(25)17-13-14-5-1-4-8-20(14)27-22(17)26/h1-13H. The first-order chi connectivity index (χ1) is 13.2. The molecule has 0 bridgehead atoms. The number of imidazole rings is 1. The van der Waals surface area contributed by atoms with Crippen LogP contribution in [0.3, 0.4) is 0 Å². The molecule has 4 nitrogen and oxygen atoms in total. The second-order valence-electron chi connectivity index (χ2n) is 6.22. The molecule has 0 amide bonds. The number of aromatic nitrogens is 2. The molecule has 0 aliphatic rings. The van der Waals surface area contributed by atoms with Crippen molar-refractivity contribution in [3.8, 4) is 17.1 Å². The van der Waals surface area contributed by atoms with E-state index in [1.165, 1.54) is 0 Å². The second kappa shape index (κ2) is 6.21. The topological polar surface area (TPSA) is 48.0 Å². The molecule has 0 aliphatic carbocycles.